The van der Waals surface area contributed by atoms with E-state index in [1.807, 2.05) is 35.2 Å². The number of carbonyl (C=O) groups excluding carboxylic acids is 2. The highest BCUT2D eigenvalue weighted by Gasteiger charge is 2.32. The van der Waals surface area contributed by atoms with Gasteiger partial charge in [0.2, 0.25) is 5.91 Å². The fraction of sp³-hybridized carbons (Fsp3) is 0.458. The number of benzene rings is 1. The molecule has 2 amide bonds. The number of nitrogens with zero attached hydrogens (tertiary/aromatic N) is 3. The molecule has 7 heteroatoms. The van der Waals surface area contributed by atoms with Crippen molar-refractivity contribution in [2.24, 2.45) is 0 Å². The molecule has 6 nitrogen and oxygen atoms in total. The molecule has 0 spiro atoms. The van der Waals surface area contributed by atoms with E-state index in [4.69, 9.17) is 11.6 Å². The van der Waals surface area contributed by atoms with Gasteiger partial charge in [-0.1, -0.05) is 17.7 Å². The minimum atomic E-state index is -0.0662. The van der Waals surface area contributed by atoms with E-state index in [0.717, 1.165) is 62.3 Å². The lowest BCUT2D eigenvalue weighted by atomic mass is 10.1. The number of amides is 2. The van der Waals surface area contributed by atoms with Crippen molar-refractivity contribution in [2.75, 3.05) is 24.5 Å². The van der Waals surface area contributed by atoms with E-state index < -0.39 is 0 Å². The van der Waals surface area contributed by atoms with Crippen LogP contribution in [0, 0.1) is 0 Å². The van der Waals surface area contributed by atoms with Crippen molar-refractivity contribution in [2.45, 2.75) is 51.6 Å². The van der Waals surface area contributed by atoms with Gasteiger partial charge in [0.25, 0.3) is 5.91 Å². The van der Waals surface area contributed by atoms with Crippen molar-refractivity contribution >= 4 is 29.1 Å². The summed E-state index contributed by atoms with van der Waals surface area (Å²) >= 11 is 6.48. The maximum atomic E-state index is 13.4. The van der Waals surface area contributed by atoms with Gasteiger partial charge in [0.1, 0.15) is 0 Å². The molecule has 164 valence electrons. The van der Waals surface area contributed by atoms with E-state index in [0.29, 0.717) is 17.1 Å². The van der Waals surface area contributed by atoms with E-state index in [1.165, 1.54) is 13.3 Å². The van der Waals surface area contributed by atoms with Crippen LogP contribution in [0.3, 0.4) is 0 Å². The Morgan fingerprint density at radius 3 is 2.61 bits per heavy atom. The molecule has 1 aromatic heterocycles. The lowest BCUT2D eigenvalue weighted by molar-refractivity contribution is -0.119. The molecular weight excluding hydrogens is 412 g/mol. The maximum absolute atomic E-state index is 13.4. The molecule has 0 unspecified atom stereocenters. The molecular formula is C24H29ClN4O2. The number of carbonyl (C=O) groups is 2. The molecule has 0 bridgehead atoms. The van der Waals surface area contributed by atoms with Gasteiger partial charge in [-0.25, -0.2) is 0 Å². The summed E-state index contributed by atoms with van der Waals surface area (Å²) in [5, 5.41) is 3.48. The van der Waals surface area contributed by atoms with Gasteiger partial charge in [0.05, 0.1) is 22.4 Å². The Kier molecular flexibility index (Phi) is 6.76. The Labute approximate surface area is 188 Å². The zero-order valence-corrected chi connectivity index (χ0v) is 18.7. The fourth-order valence-corrected chi connectivity index (χ4v) is 4.71. The summed E-state index contributed by atoms with van der Waals surface area (Å²) in [7, 11) is 0. The number of aromatic nitrogens is 1. The molecule has 31 heavy (non-hydrogen) atoms. The molecule has 2 saturated heterocycles. The van der Waals surface area contributed by atoms with Gasteiger partial charge in [-0.3, -0.25) is 14.6 Å². The highest BCUT2D eigenvalue weighted by Crippen LogP contribution is 2.34. The van der Waals surface area contributed by atoms with Gasteiger partial charge >= 0.3 is 0 Å². The number of anilines is 1. The Morgan fingerprint density at radius 1 is 1.10 bits per heavy atom. The third-order valence-corrected chi connectivity index (χ3v) is 6.45. The van der Waals surface area contributed by atoms with Crippen LogP contribution >= 0.6 is 11.6 Å². The Balaban J connectivity index is 1.51. The largest absolute Gasteiger partial charge is 0.370 e. The predicted octanol–water partition coefficient (Wildman–Crippen LogP) is 4.34. The van der Waals surface area contributed by atoms with Crippen molar-refractivity contribution in [1.82, 2.24) is 15.2 Å². The highest BCUT2D eigenvalue weighted by molar-refractivity contribution is 6.33. The summed E-state index contributed by atoms with van der Waals surface area (Å²) in [6.45, 7) is 4.65. The van der Waals surface area contributed by atoms with Crippen molar-refractivity contribution in [3.63, 3.8) is 0 Å². The molecule has 3 heterocycles. The third-order valence-electron chi connectivity index (χ3n) is 6.13. The van der Waals surface area contributed by atoms with Crippen LogP contribution in [0.1, 0.15) is 66.7 Å². The highest BCUT2D eigenvalue weighted by atomic mass is 35.5. The third kappa shape index (κ3) is 5.01. The zero-order chi connectivity index (χ0) is 21.8. The van der Waals surface area contributed by atoms with E-state index in [1.54, 1.807) is 6.20 Å². The summed E-state index contributed by atoms with van der Waals surface area (Å²) in [6.07, 6.45) is 7.20. The topological polar surface area (TPSA) is 65.5 Å². The number of nitrogens with one attached hydrogen (secondary N) is 1. The molecule has 0 saturated carbocycles. The second kappa shape index (κ2) is 9.69. The Bertz CT molecular complexity index is 941. The van der Waals surface area contributed by atoms with E-state index in [2.05, 4.69) is 15.2 Å². The van der Waals surface area contributed by atoms with Crippen LogP contribution in [-0.4, -0.2) is 41.3 Å². The second-order valence-corrected chi connectivity index (χ2v) is 8.78. The molecule has 1 atom stereocenters. The SMILES string of the molecule is CC(=O)NCc1ccc([C@@H]2CCCN2C(=O)c2ccc(Cl)c(N3CCCCC3)c2)nc1. The molecule has 2 aromatic rings. The van der Waals surface area contributed by atoms with Gasteiger partial charge in [-0.2, -0.15) is 0 Å². The van der Waals surface area contributed by atoms with Crippen LogP contribution in [-0.2, 0) is 11.3 Å². The van der Waals surface area contributed by atoms with Crippen LogP contribution in [0.5, 0.6) is 0 Å². The smallest absolute Gasteiger partial charge is 0.254 e. The monoisotopic (exact) mass is 440 g/mol. The van der Waals surface area contributed by atoms with Gasteiger partial charge < -0.3 is 15.1 Å². The van der Waals surface area contributed by atoms with Crippen LogP contribution in [0.25, 0.3) is 0 Å². The van der Waals surface area contributed by atoms with Crippen molar-refractivity contribution in [1.29, 1.82) is 0 Å². The first-order chi connectivity index (χ1) is 15.0. The summed E-state index contributed by atoms with van der Waals surface area (Å²) in [5.74, 6) is -0.0370. The standard InChI is InChI=1S/C24H29ClN4O2/c1-17(30)26-15-18-7-10-21(27-16-18)22-6-5-13-29(22)24(31)19-8-9-20(25)23(14-19)28-11-3-2-4-12-28/h7-10,14,16,22H,2-6,11-13,15H2,1H3,(H,26,30)/t22-/m0/s1. The lowest BCUT2D eigenvalue weighted by Crippen LogP contribution is -2.32. The average Bonchev–Trinajstić information content (AvgIpc) is 3.28. The molecule has 0 radical (unpaired) electrons. The quantitative estimate of drug-likeness (QED) is 0.751. The van der Waals surface area contributed by atoms with Crippen LogP contribution in [0.2, 0.25) is 5.02 Å². The fourth-order valence-electron chi connectivity index (χ4n) is 4.47. The zero-order valence-electron chi connectivity index (χ0n) is 17.9. The molecule has 2 aliphatic rings. The number of piperidine rings is 1. The summed E-state index contributed by atoms with van der Waals surface area (Å²) < 4.78 is 0. The number of halogens is 1. The van der Waals surface area contributed by atoms with Gasteiger partial charge in [-0.05, 0) is 61.9 Å². The molecule has 1 N–H and O–H groups in total. The van der Waals surface area contributed by atoms with Crippen LogP contribution < -0.4 is 10.2 Å². The van der Waals surface area contributed by atoms with Crippen molar-refractivity contribution in [3.05, 3.63) is 58.4 Å². The molecule has 2 aliphatic heterocycles. The summed E-state index contributed by atoms with van der Waals surface area (Å²) in [5.41, 5.74) is 3.48. The van der Waals surface area contributed by atoms with E-state index in [9.17, 15) is 9.59 Å². The number of hydrogen-bond donors (Lipinski definition) is 1. The molecule has 4 rings (SSSR count). The number of hydrogen-bond acceptors (Lipinski definition) is 4. The average molecular weight is 441 g/mol. The minimum absolute atomic E-state index is 0.0292. The van der Waals surface area contributed by atoms with Gasteiger partial charge in [-0.15, -0.1) is 0 Å². The van der Waals surface area contributed by atoms with Crippen molar-refractivity contribution < 1.29 is 9.59 Å². The van der Waals surface area contributed by atoms with Crippen LogP contribution in [0.15, 0.2) is 36.5 Å². The first kappa shape index (κ1) is 21.6. The Morgan fingerprint density at radius 2 is 1.90 bits per heavy atom. The number of rotatable bonds is 5. The second-order valence-electron chi connectivity index (χ2n) is 8.37. The summed E-state index contributed by atoms with van der Waals surface area (Å²) in [4.78, 5) is 33.3. The van der Waals surface area contributed by atoms with Crippen LogP contribution in [0.4, 0.5) is 5.69 Å². The Hall–Kier alpha value is -2.60. The normalized spacial score (nSPS) is 18.8. The molecule has 0 aliphatic carbocycles. The van der Waals surface area contributed by atoms with Crippen molar-refractivity contribution in [3.8, 4) is 0 Å². The van der Waals surface area contributed by atoms with Gasteiger partial charge in [0, 0.05) is 44.9 Å². The van der Waals surface area contributed by atoms with Gasteiger partial charge in [0.15, 0.2) is 0 Å². The maximum Gasteiger partial charge on any atom is 0.254 e. The first-order valence-corrected chi connectivity index (χ1v) is 11.5. The lowest BCUT2D eigenvalue weighted by Gasteiger charge is -2.30. The predicted molar refractivity (Wildman–Crippen MR) is 122 cm³/mol. The first-order valence-electron chi connectivity index (χ1n) is 11.1. The number of pyridine rings is 1. The van der Waals surface area contributed by atoms with E-state index in [-0.39, 0.29) is 17.9 Å². The van der Waals surface area contributed by atoms with E-state index >= 15 is 0 Å². The molecule has 1 aromatic carbocycles. The minimum Gasteiger partial charge on any atom is -0.370 e. The number of likely N-dealkylation sites (tertiary alicyclic amines) is 1. The molecule has 2 fully saturated rings. The summed E-state index contributed by atoms with van der Waals surface area (Å²) in [6, 6.07) is 9.53.